The summed E-state index contributed by atoms with van der Waals surface area (Å²) in [7, 11) is 0. The van der Waals surface area contributed by atoms with E-state index in [1.54, 1.807) is 0 Å². The van der Waals surface area contributed by atoms with Gasteiger partial charge in [0, 0.05) is 35.7 Å². The Labute approximate surface area is 127 Å². The van der Waals surface area contributed by atoms with Crippen molar-refractivity contribution in [2.75, 3.05) is 18.9 Å². The average molecular weight is 292 g/mol. The molecule has 0 radical (unpaired) electrons. The third-order valence-corrected chi connectivity index (χ3v) is 4.05. The second kappa shape index (κ2) is 4.96. The Morgan fingerprint density at radius 1 is 1.23 bits per heavy atom. The van der Waals surface area contributed by atoms with Gasteiger partial charge in [0.05, 0.1) is 17.6 Å². The van der Waals surface area contributed by atoms with Crippen LogP contribution in [-0.4, -0.2) is 34.4 Å². The summed E-state index contributed by atoms with van der Waals surface area (Å²) >= 11 is 0. The monoisotopic (exact) mass is 292 g/mol. The number of aliphatic hydroxyl groups excluding tert-OH is 1. The molecule has 1 aromatic carbocycles. The van der Waals surface area contributed by atoms with Crippen LogP contribution < -0.4 is 5.73 Å². The van der Waals surface area contributed by atoms with Crippen LogP contribution in [0.3, 0.4) is 0 Å². The lowest BCUT2D eigenvalue weighted by atomic mass is 10.0. The van der Waals surface area contributed by atoms with Crippen molar-refractivity contribution in [1.29, 1.82) is 0 Å². The zero-order valence-electron chi connectivity index (χ0n) is 12.0. The molecule has 2 aromatic heterocycles. The van der Waals surface area contributed by atoms with Gasteiger partial charge in [-0.3, -0.25) is 4.99 Å². The van der Waals surface area contributed by atoms with E-state index in [0.717, 1.165) is 33.1 Å². The number of benzene rings is 1. The Balaban J connectivity index is 1.92. The van der Waals surface area contributed by atoms with E-state index in [0.29, 0.717) is 18.8 Å². The largest absolute Gasteiger partial charge is 0.396 e. The van der Waals surface area contributed by atoms with Crippen LogP contribution >= 0.6 is 0 Å². The van der Waals surface area contributed by atoms with Crippen LogP contribution in [0.25, 0.3) is 27.4 Å². The van der Waals surface area contributed by atoms with Gasteiger partial charge in [-0.25, -0.2) is 4.98 Å². The number of rotatable bonds is 3. The fraction of sp³-hybridized carbons (Fsp3) is 0.176. The predicted octanol–water partition coefficient (Wildman–Crippen LogP) is 2.30. The van der Waals surface area contributed by atoms with Crippen molar-refractivity contribution >= 4 is 39.4 Å². The number of aromatic amines is 1. The van der Waals surface area contributed by atoms with Gasteiger partial charge in [0.15, 0.2) is 0 Å². The van der Waals surface area contributed by atoms with E-state index in [4.69, 9.17) is 10.8 Å². The quantitative estimate of drug-likeness (QED) is 0.692. The summed E-state index contributed by atoms with van der Waals surface area (Å²) in [5.74, 6) is 0.511. The Morgan fingerprint density at radius 2 is 2.14 bits per heavy atom. The van der Waals surface area contributed by atoms with Crippen LogP contribution in [0.2, 0.25) is 0 Å². The molecule has 0 spiro atoms. The van der Waals surface area contributed by atoms with Crippen molar-refractivity contribution < 1.29 is 5.11 Å². The molecule has 1 aliphatic heterocycles. The number of H-pyrrole nitrogens is 1. The molecule has 0 bridgehead atoms. The van der Waals surface area contributed by atoms with E-state index in [1.165, 1.54) is 5.57 Å². The molecular weight excluding hydrogens is 276 g/mol. The molecule has 22 heavy (non-hydrogen) atoms. The molecule has 0 saturated heterocycles. The molecule has 3 aromatic rings. The van der Waals surface area contributed by atoms with Gasteiger partial charge in [0.2, 0.25) is 0 Å². The van der Waals surface area contributed by atoms with Gasteiger partial charge in [-0.05, 0) is 29.3 Å². The molecule has 0 unspecified atom stereocenters. The lowest BCUT2D eigenvalue weighted by Crippen LogP contribution is -1.93. The lowest BCUT2D eigenvalue weighted by Gasteiger charge is -2.06. The van der Waals surface area contributed by atoms with Gasteiger partial charge >= 0.3 is 0 Å². The lowest BCUT2D eigenvalue weighted by molar-refractivity contribution is 0.298. The van der Waals surface area contributed by atoms with Gasteiger partial charge in [-0.1, -0.05) is 12.1 Å². The molecule has 3 heterocycles. The summed E-state index contributed by atoms with van der Waals surface area (Å²) in [6.07, 6.45) is 4.44. The fourth-order valence-corrected chi connectivity index (χ4v) is 2.94. The van der Waals surface area contributed by atoms with E-state index in [1.807, 2.05) is 18.4 Å². The number of pyridine rings is 1. The summed E-state index contributed by atoms with van der Waals surface area (Å²) in [6.45, 7) is 0.822. The summed E-state index contributed by atoms with van der Waals surface area (Å²) in [4.78, 5) is 12.1. The Hall–Kier alpha value is -2.66. The van der Waals surface area contributed by atoms with Crippen molar-refractivity contribution in [3.05, 3.63) is 41.6 Å². The molecule has 0 saturated carbocycles. The number of aliphatic imine (C=N–C) groups is 1. The number of aliphatic hydroxyl groups is 1. The molecular formula is C17H16N4O. The number of fused-ring (bicyclic) bond motifs is 3. The van der Waals surface area contributed by atoms with Crippen LogP contribution in [0.1, 0.15) is 11.3 Å². The molecule has 0 aliphatic carbocycles. The van der Waals surface area contributed by atoms with Gasteiger partial charge < -0.3 is 15.8 Å². The Morgan fingerprint density at radius 3 is 2.91 bits per heavy atom. The minimum Gasteiger partial charge on any atom is -0.396 e. The van der Waals surface area contributed by atoms with Crippen LogP contribution in [0.5, 0.6) is 0 Å². The third-order valence-electron chi connectivity index (χ3n) is 4.05. The maximum atomic E-state index is 9.10. The number of nitrogen functional groups attached to an aromatic ring is 1. The molecule has 4 rings (SSSR count). The summed E-state index contributed by atoms with van der Waals surface area (Å²) in [6, 6.07) is 8.18. The standard InChI is InChI=1S/C17H16N4O/c18-17-14-8-12(4-6-22)20-16(14)13-2-1-10(7-15(13)21-17)11-3-5-19-9-11/h1-3,5,7-8,20,22H,4,6,9H2,(H2,18,21). The Bertz CT molecular complexity index is 937. The number of nitrogens with zero attached hydrogens (tertiary/aromatic N) is 2. The highest BCUT2D eigenvalue weighted by molar-refractivity contribution is 6.09. The summed E-state index contributed by atoms with van der Waals surface area (Å²) in [5.41, 5.74) is 11.2. The number of allylic oxidation sites excluding steroid dienone is 1. The van der Waals surface area contributed by atoms with Crippen LogP contribution in [0.15, 0.2) is 35.3 Å². The van der Waals surface area contributed by atoms with Crippen molar-refractivity contribution in [2.24, 2.45) is 4.99 Å². The second-order valence-corrected chi connectivity index (χ2v) is 5.47. The first-order valence-corrected chi connectivity index (χ1v) is 7.27. The van der Waals surface area contributed by atoms with Gasteiger partial charge in [-0.2, -0.15) is 0 Å². The first-order valence-electron chi connectivity index (χ1n) is 7.27. The molecule has 0 amide bonds. The first kappa shape index (κ1) is 13.0. The van der Waals surface area contributed by atoms with E-state index < -0.39 is 0 Å². The maximum Gasteiger partial charge on any atom is 0.133 e. The zero-order chi connectivity index (χ0) is 15.1. The number of nitrogens with one attached hydrogen (secondary N) is 1. The highest BCUT2D eigenvalue weighted by atomic mass is 16.3. The van der Waals surface area contributed by atoms with Crippen LogP contribution in [0, 0.1) is 0 Å². The molecule has 1 aliphatic rings. The maximum absolute atomic E-state index is 9.10. The van der Waals surface area contributed by atoms with Crippen LogP contribution in [-0.2, 0) is 6.42 Å². The van der Waals surface area contributed by atoms with Crippen molar-refractivity contribution in [2.45, 2.75) is 6.42 Å². The second-order valence-electron chi connectivity index (χ2n) is 5.47. The number of hydrogen-bond acceptors (Lipinski definition) is 4. The first-order chi connectivity index (χ1) is 10.8. The normalized spacial score (nSPS) is 14.1. The number of nitrogens with two attached hydrogens (primary N) is 1. The van der Waals surface area contributed by atoms with E-state index in [2.05, 4.69) is 33.2 Å². The van der Waals surface area contributed by atoms with Gasteiger partial charge in [0.25, 0.3) is 0 Å². The van der Waals surface area contributed by atoms with Crippen molar-refractivity contribution in [3.8, 4) is 0 Å². The smallest absolute Gasteiger partial charge is 0.133 e. The topological polar surface area (TPSA) is 87.3 Å². The predicted molar refractivity (Wildman–Crippen MR) is 90.1 cm³/mol. The van der Waals surface area contributed by atoms with Crippen molar-refractivity contribution in [3.63, 3.8) is 0 Å². The fourth-order valence-electron chi connectivity index (χ4n) is 2.94. The van der Waals surface area contributed by atoms with E-state index in [-0.39, 0.29) is 6.61 Å². The third kappa shape index (κ3) is 1.98. The van der Waals surface area contributed by atoms with Gasteiger partial charge in [-0.15, -0.1) is 0 Å². The number of anilines is 1. The molecule has 4 N–H and O–H groups in total. The molecule has 5 nitrogen and oxygen atoms in total. The zero-order valence-corrected chi connectivity index (χ0v) is 12.0. The molecule has 0 atom stereocenters. The van der Waals surface area contributed by atoms with E-state index >= 15 is 0 Å². The minimum atomic E-state index is 0.108. The van der Waals surface area contributed by atoms with E-state index in [9.17, 15) is 0 Å². The SMILES string of the molecule is Nc1nc2cc(C3=CC=NC3)ccc2c2[nH]c(CCO)cc12. The average Bonchev–Trinajstić information content (AvgIpc) is 3.17. The Kier molecular flexibility index (Phi) is 2.94. The highest BCUT2D eigenvalue weighted by Gasteiger charge is 2.12. The highest BCUT2D eigenvalue weighted by Crippen LogP contribution is 2.30. The van der Waals surface area contributed by atoms with Crippen LogP contribution in [0.4, 0.5) is 5.82 Å². The molecule has 0 fully saturated rings. The molecule has 110 valence electrons. The minimum absolute atomic E-state index is 0.108. The summed E-state index contributed by atoms with van der Waals surface area (Å²) < 4.78 is 0. The summed E-state index contributed by atoms with van der Waals surface area (Å²) in [5, 5.41) is 11.0. The van der Waals surface area contributed by atoms with Crippen molar-refractivity contribution in [1.82, 2.24) is 9.97 Å². The van der Waals surface area contributed by atoms with Gasteiger partial charge in [0.1, 0.15) is 5.82 Å². The molecule has 5 heteroatoms. The number of hydrogen-bond donors (Lipinski definition) is 3. The number of aromatic nitrogens is 2.